The van der Waals surface area contributed by atoms with Crippen LogP contribution in [0.3, 0.4) is 0 Å². The van der Waals surface area contributed by atoms with Gasteiger partial charge in [0.25, 0.3) is 5.91 Å². The maximum atomic E-state index is 12.6. The summed E-state index contributed by atoms with van der Waals surface area (Å²) in [5, 5.41) is 7.62. The summed E-state index contributed by atoms with van der Waals surface area (Å²) in [5.41, 5.74) is 3.09. The number of likely N-dealkylation sites (N-methyl/N-ethyl adjacent to an activating group) is 1. The van der Waals surface area contributed by atoms with Gasteiger partial charge in [0, 0.05) is 36.2 Å². The lowest BCUT2D eigenvalue weighted by atomic mass is 10.1. The van der Waals surface area contributed by atoms with Crippen LogP contribution in [0.25, 0.3) is 21.8 Å². The largest absolute Gasteiger partial charge is 0.361 e. The number of hydrogen-bond donors (Lipinski definition) is 3. The van der Waals surface area contributed by atoms with Gasteiger partial charge < -0.3 is 20.2 Å². The Morgan fingerprint density at radius 3 is 2.73 bits per heavy atom. The number of rotatable bonds is 4. The average Bonchev–Trinajstić information content (AvgIpc) is 3.27. The van der Waals surface area contributed by atoms with Crippen LogP contribution >= 0.6 is 0 Å². The second-order valence-corrected chi connectivity index (χ2v) is 6.12. The van der Waals surface area contributed by atoms with Crippen LogP contribution in [0.1, 0.15) is 10.4 Å². The van der Waals surface area contributed by atoms with E-state index in [0.717, 1.165) is 21.8 Å². The normalized spacial score (nSPS) is 11.0. The predicted octanol–water partition coefficient (Wildman–Crippen LogP) is 3.12. The van der Waals surface area contributed by atoms with E-state index < -0.39 is 0 Å². The molecule has 0 saturated heterocycles. The second kappa shape index (κ2) is 6.40. The van der Waals surface area contributed by atoms with Crippen LogP contribution in [0.2, 0.25) is 0 Å². The summed E-state index contributed by atoms with van der Waals surface area (Å²) in [6, 6.07) is 15.1. The fourth-order valence-corrected chi connectivity index (χ4v) is 3.03. The van der Waals surface area contributed by atoms with Gasteiger partial charge in [0.1, 0.15) is 6.54 Å². The van der Waals surface area contributed by atoms with E-state index in [0.29, 0.717) is 11.3 Å². The Morgan fingerprint density at radius 2 is 1.88 bits per heavy atom. The molecule has 0 aliphatic heterocycles. The number of fused-ring (bicyclic) bond motifs is 2. The molecule has 4 aromatic rings. The fourth-order valence-electron chi connectivity index (χ4n) is 3.03. The molecule has 2 aromatic carbocycles. The van der Waals surface area contributed by atoms with Gasteiger partial charge in [0.2, 0.25) is 5.91 Å². The molecule has 0 atom stereocenters. The summed E-state index contributed by atoms with van der Waals surface area (Å²) in [6.45, 7) is 0.237. The summed E-state index contributed by atoms with van der Waals surface area (Å²) in [5.74, 6) is -0.249. The smallest absolute Gasteiger partial charge is 0.255 e. The van der Waals surface area contributed by atoms with Crippen molar-refractivity contribution in [2.45, 2.75) is 6.54 Å². The van der Waals surface area contributed by atoms with Gasteiger partial charge in [-0.2, -0.15) is 0 Å². The number of aromatic amines is 1. The topological polar surface area (TPSA) is 78.9 Å². The number of carbonyl (C=O) groups excluding carboxylic acids is 2. The van der Waals surface area contributed by atoms with E-state index in [-0.39, 0.29) is 18.4 Å². The minimum atomic E-state index is -0.176. The summed E-state index contributed by atoms with van der Waals surface area (Å²) in [6.07, 6.45) is 3.71. The van der Waals surface area contributed by atoms with Crippen LogP contribution in [0.15, 0.2) is 60.9 Å². The van der Waals surface area contributed by atoms with Crippen LogP contribution in [0.5, 0.6) is 0 Å². The van der Waals surface area contributed by atoms with Gasteiger partial charge in [-0.25, -0.2) is 0 Å². The molecule has 0 radical (unpaired) electrons. The molecule has 0 saturated carbocycles. The van der Waals surface area contributed by atoms with Crippen LogP contribution in [0.4, 0.5) is 5.69 Å². The zero-order valence-electron chi connectivity index (χ0n) is 14.2. The predicted molar refractivity (Wildman–Crippen MR) is 102 cm³/mol. The van der Waals surface area contributed by atoms with Crippen molar-refractivity contribution in [1.29, 1.82) is 0 Å². The molecule has 4 rings (SSSR count). The molecule has 0 unspecified atom stereocenters. The van der Waals surface area contributed by atoms with Crippen molar-refractivity contribution in [2.75, 3.05) is 12.4 Å². The summed E-state index contributed by atoms with van der Waals surface area (Å²) in [4.78, 5) is 27.3. The molecule has 6 nitrogen and oxygen atoms in total. The SMILES string of the molecule is CNC(=O)Cn1ccc2ccc(NC(=O)c3ccc4cc[nH]c4c3)cc21. The molecule has 2 aromatic heterocycles. The van der Waals surface area contributed by atoms with E-state index in [2.05, 4.69) is 15.6 Å². The highest BCUT2D eigenvalue weighted by Gasteiger charge is 2.10. The molecule has 0 bridgehead atoms. The molecule has 0 spiro atoms. The van der Waals surface area contributed by atoms with Gasteiger partial charge in [0.05, 0.1) is 5.52 Å². The molecular formula is C20H18N4O2. The minimum absolute atomic E-state index is 0.0730. The Morgan fingerprint density at radius 1 is 1.04 bits per heavy atom. The maximum absolute atomic E-state index is 12.6. The lowest BCUT2D eigenvalue weighted by Crippen LogP contribution is -2.23. The number of H-pyrrole nitrogens is 1. The van der Waals surface area contributed by atoms with Gasteiger partial charge in [-0.15, -0.1) is 0 Å². The first-order valence-electron chi connectivity index (χ1n) is 8.32. The van der Waals surface area contributed by atoms with Gasteiger partial charge in [-0.05, 0) is 47.2 Å². The Balaban J connectivity index is 1.60. The molecule has 0 fully saturated rings. The van der Waals surface area contributed by atoms with Crippen LogP contribution in [-0.4, -0.2) is 28.4 Å². The Labute approximate surface area is 149 Å². The van der Waals surface area contributed by atoms with E-state index in [1.165, 1.54) is 0 Å². The van der Waals surface area contributed by atoms with Gasteiger partial charge in [-0.3, -0.25) is 9.59 Å². The number of benzene rings is 2. The zero-order chi connectivity index (χ0) is 18.1. The second-order valence-electron chi connectivity index (χ2n) is 6.12. The third kappa shape index (κ3) is 2.93. The number of nitrogens with one attached hydrogen (secondary N) is 3. The first-order valence-corrected chi connectivity index (χ1v) is 8.32. The van der Waals surface area contributed by atoms with Crippen molar-refractivity contribution in [1.82, 2.24) is 14.9 Å². The number of anilines is 1. The van der Waals surface area contributed by atoms with E-state index in [4.69, 9.17) is 0 Å². The molecule has 6 heteroatoms. The van der Waals surface area contributed by atoms with Crippen molar-refractivity contribution in [3.05, 3.63) is 66.5 Å². The van der Waals surface area contributed by atoms with Gasteiger partial charge in [-0.1, -0.05) is 12.1 Å². The van der Waals surface area contributed by atoms with E-state index in [1.54, 1.807) is 13.1 Å². The number of nitrogens with zero attached hydrogens (tertiary/aromatic N) is 1. The first kappa shape index (κ1) is 16.0. The standard InChI is InChI=1S/C20H18N4O2/c1-21-19(25)12-24-9-7-14-4-5-16(11-18(14)24)23-20(26)15-3-2-13-6-8-22-17(13)10-15/h2-11,22H,12H2,1H3,(H,21,25)(H,23,26). The number of carbonyl (C=O) groups is 2. The third-order valence-electron chi connectivity index (χ3n) is 4.44. The Hall–Kier alpha value is -3.54. The molecule has 0 aliphatic rings. The lowest BCUT2D eigenvalue weighted by molar-refractivity contribution is -0.121. The highest BCUT2D eigenvalue weighted by molar-refractivity contribution is 6.06. The highest BCUT2D eigenvalue weighted by atomic mass is 16.2. The number of aromatic nitrogens is 2. The van der Waals surface area contributed by atoms with Crippen LogP contribution in [-0.2, 0) is 11.3 Å². The molecule has 130 valence electrons. The minimum Gasteiger partial charge on any atom is -0.361 e. The Kier molecular flexibility index (Phi) is 3.93. The van der Waals surface area contributed by atoms with Crippen molar-refractivity contribution in [2.24, 2.45) is 0 Å². The summed E-state index contributed by atoms with van der Waals surface area (Å²) < 4.78 is 1.86. The van der Waals surface area contributed by atoms with Crippen molar-refractivity contribution < 1.29 is 9.59 Å². The third-order valence-corrected chi connectivity index (χ3v) is 4.44. The molecule has 26 heavy (non-hydrogen) atoms. The lowest BCUT2D eigenvalue weighted by Gasteiger charge is -2.08. The quantitative estimate of drug-likeness (QED) is 0.531. The average molecular weight is 346 g/mol. The van der Waals surface area contributed by atoms with Crippen LogP contribution in [0, 0.1) is 0 Å². The summed E-state index contributed by atoms with van der Waals surface area (Å²) in [7, 11) is 1.61. The van der Waals surface area contributed by atoms with Crippen molar-refractivity contribution >= 4 is 39.3 Å². The number of hydrogen-bond acceptors (Lipinski definition) is 2. The molecule has 3 N–H and O–H groups in total. The maximum Gasteiger partial charge on any atom is 0.255 e. The number of amides is 2. The monoisotopic (exact) mass is 346 g/mol. The van der Waals surface area contributed by atoms with E-state index in [9.17, 15) is 9.59 Å². The summed E-state index contributed by atoms with van der Waals surface area (Å²) >= 11 is 0. The van der Waals surface area contributed by atoms with Gasteiger partial charge >= 0.3 is 0 Å². The van der Waals surface area contributed by atoms with Crippen molar-refractivity contribution in [3.63, 3.8) is 0 Å². The molecular weight excluding hydrogens is 328 g/mol. The first-order chi connectivity index (χ1) is 12.6. The van der Waals surface area contributed by atoms with E-state index in [1.807, 2.05) is 59.4 Å². The molecule has 0 aliphatic carbocycles. The van der Waals surface area contributed by atoms with Gasteiger partial charge in [0.15, 0.2) is 0 Å². The Bertz CT molecular complexity index is 1120. The van der Waals surface area contributed by atoms with E-state index >= 15 is 0 Å². The molecule has 2 heterocycles. The molecule has 2 amide bonds. The highest BCUT2D eigenvalue weighted by Crippen LogP contribution is 2.22. The van der Waals surface area contributed by atoms with Crippen LogP contribution < -0.4 is 10.6 Å². The fraction of sp³-hybridized carbons (Fsp3) is 0.100. The van der Waals surface area contributed by atoms with Crippen molar-refractivity contribution in [3.8, 4) is 0 Å². The zero-order valence-corrected chi connectivity index (χ0v) is 14.2.